The van der Waals surface area contributed by atoms with Crippen LogP contribution in [0.3, 0.4) is 0 Å². The Morgan fingerprint density at radius 3 is 2.75 bits per heavy atom. The summed E-state index contributed by atoms with van der Waals surface area (Å²) >= 11 is 5.89. The summed E-state index contributed by atoms with van der Waals surface area (Å²) in [5, 5.41) is 13.8. The molecule has 7 nitrogen and oxygen atoms in total. The number of hydrogen-bond donors (Lipinski definition) is 1. The minimum absolute atomic E-state index is 0.0106. The van der Waals surface area contributed by atoms with E-state index in [0.29, 0.717) is 19.5 Å². The highest BCUT2D eigenvalue weighted by atomic mass is 35.5. The molecule has 0 bridgehead atoms. The largest absolute Gasteiger partial charge is 0.316 e. The van der Waals surface area contributed by atoms with Gasteiger partial charge in [0.15, 0.2) is 0 Å². The van der Waals surface area contributed by atoms with Crippen molar-refractivity contribution in [2.45, 2.75) is 17.4 Å². The van der Waals surface area contributed by atoms with Crippen molar-refractivity contribution >= 4 is 27.3 Å². The summed E-state index contributed by atoms with van der Waals surface area (Å²) in [5.74, 6) is 0. The molecule has 1 heterocycles. The number of sulfonamides is 1. The minimum atomic E-state index is -3.81. The Bertz CT molecular complexity index is 635. The highest BCUT2D eigenvalue weighted by Gasteiger charge is 2.34. The van der Waals surface area contributed by atoms with E-state index >= 15 is 0 Å². The van der Waals surface area contributed by atoms with Crippen LogP contribution in [0.25, 0.3) is 0 Å². The molecule has 110 valence electrons. The van der Waals surface area contributed by atoms with E-state index in [1.807, 2.05) is 0 Å². The fourth-order valence-electron chi connectivity index (χ4n) is 2.12. The van der Waals surface area contributed by atoms with E-state index in [2.05, 4.69) is 5.32 Å². The number of likely N-dealkylation sites (N-methyl/N-ethyl adjacent to an activating group) is 1. The third kappa shape index (κ3) is 2.78. The highest BCUT2D eigenvalue weighted by Crippen LogP contribution is 2.30. The van der Waals surface area contributed by atoms with E-state index < -0.39 is 14.9 Å². The summed E-state index contributed by atoms with van der Waals surface area (Å²) in [4.78, 5) is 9.89. The summed E-state index contributed by atoms with van der Waals surface area (Å²) in [5.41, 5.74) is -0.294. The Labute approximate surface area is 121 Å². The molecule has 0 aliphatic carbocycles. The van der Waals surface area contributed by atoms with Crippen LogP contribution in [0.1, 0.15) is 6.42 Å². The second-order valence-corrected chi connectivity index (χ2v) is 6.82. The first kappa shape index (κ1) is 15.2. The third-order valence-corrected chi connectivity index (χ3v) is 5.65. The molecule has 1 aliphatic rings. The Morgan fingerprint density at radius 1 is 1.50 bits per heavy atom. The normalized spacial score (nSPS) is 20.2. The fourth-order valence-corrected chi connectivity index (χ4v) is 4.12. The molecule has 0 amide bonds. The van der Waals surface area contributed by atoms with Gasteiger partial charge in [0.2, 0.25) is 10.0 Å². The molecule has 1 aliphatic heterocycles. The van der Waals surface area contributed by atoms with Crippen LogP contribution in [-0.4, -0.2) is 43.8 Å². The van der Waals surface area contributed by atoms with Crippen LogP contribution < -0.4 is 5.32 Å². The number of benzene rings is 1. The van der Waals surface area contributed by atoms with Crippen LogP contribution in [0.15, 0.2) is 23.1 Å². The zero-order chi connectivity index (χ0) is 14.9. The lowest BCUT2D eigenvalue weighted by Gasteiger charge is -2.17. The van der Waals surface area contributed by atoms with E-state index in [0.717, 1.165) is 6.07 Å². The zero-order valence-corrected chi connectivity index (χ0v) is 12.3. The lowest BCUT2D eigenvalue weighted by molar-refractivity contribution is -0.385. The molecule has 1 saturated heterocycles. The van der Waals surface area contributed by atoms with Gasteiger partial charge < -0.3 is 5.32 Å². The molecular formula is C11H14ClN3O4S. The average Bonchev–Trinajstić information content (AvgIpc) is 2.88. The molecule has 1 aromatic carbocycles. The van der Waals surface area contributed by atoms with Crippen LogP contribution in [0.5, 0.6) is 0 Å². The average molecular weight is 320 g/mol. The number of nitrogens with one attached hydrogen (secondary N) is 1. The van der Waals surface area contributed by atoms with Gasteiger partial charge in [-0.05, 0) is 19.5 Å². The molecule has 1 aromatic rings. The summed E-state index contributed by atoms with van der Waals surface area (Å²) in [6.45, 7) is 0.699. The van der Waals surface area contributed by atoms with Gasteiger partial charge in [-0.25, -0.2) is 8.42 Å². The van der Waals surface area contributed by atoms with Crippen LogP contribution in [0.4, 0.5) is 5.69 Å². The van der Waals surface area contributed by atoms with Gasteiger partial charge in [0.1, 0.15) is 4.90 Å². The van der Waals surface area contributed by atoms with Crippen molar-refractivity contribution in [1.82, 2.24) is 9.62 Å². The third-order valence-electron chi connectivity index (χ3n) is 3.30. The monoisotopic (exact) mass is 319 g/mol. The van der Waals surface area contributed by atoms with Gasteiger partial charge in [-0.1, -0.05) is 11.6 Å². The van der Waals surface area contributed by atoms with Crippen molar-refractivity contribution in [2.24, 2.45) is 0 Å². The van der Waals surface area contributed by atoms with Gasteiger partial charge >= 0.3 is 0 Å². The van der Waals surface area contributed by atoms with Gasteiger partial charge in [0, 0.05) is 31.3 Å². The van der Waals surface area contributed by atoms with Crippen LogP contribution >= 0.6 is 11.6 Å². The number of nitro groups is 1. The van der Waals surface area contributed by atoms with Crippen LogP contribution in [0.2, 0.25) is 5.02 Å². The van der Waals surface area contributed by atoms with E-state index in [1.54, 1.807) is 7.05 Å². The Kier molecular flexibility index (Phi) is 4.28. The maximum Gasteiger partial charge on any atom is 0.270 e. The molecule has 1 atom stereocenters. The second-order valence-electron chi connectivity index (χ2n) is 4.51. The number of nitrogens with zero attached hydrogens (tertiary/aromatic N) is 2. The standard InChI is InChI=1S/C11H14ClN3O4S/c1-13-8-4-5-14(7-8)20(18,19)11-6-9(15(16)17)2-3-10(11)12/h2-3,6,8,13H,4-5,7H2,1H3. The summed E-state index contributed by atoms with van der Waals surface area (Å²) in [6.07, 6.45) is 0.697. The molecular weight excluding hydrogens is 306 g/mol. The Hall–Kier alpha value is -1.22. The molecule has 2 rings (SSSR count). The predicted molar refractivity (Wildman–Crippen MR) is 74.3 cm³/mol. The van der Waals surface area contributed by atoms with Gasteiger partial charge in [-0.15, -0.1) is 0 Å². The summed E-state index contributed by atoms with van der Waals surface area (Å²) in [7, 11) is -2.05. The summed E-state index contributed by atoms with van der Waals surface area (Å²) < 4.78 is 26.3. The molecule has 0 saturated carbocycles. The molecule has 1 N–H and O–H groups in total. The van der Waals surface area contributed by atoms with Crippen molar-refractivity contribution in [3.05, 3.63) is 33.3 Å². The van der Waals surface area contributed by atoms with Crippen molar-refractivity contribution in [3.63, 3.8) is 0 Å². The molecule has 0 radical (unpaired) electrons. The maximum atomic E-state index is 12.5. The SMILES string of the molecule is CNC1CCN(S(=O)(=O)c2cc([N+](=O)[O-])ccc2Cl)C1. The van der Waals surface area contributed by atoms with E-state index in [9.17, 15) is 18.5 Å². The summed E-state index contributed by atoms with van der Waals surface area (Å²) in [6, 6.07) is 3.51. The first-order chi connectivity index (χ1) is 9.36. The van der Waals surface area contributed by atoms with Crippen LogP contribution in [0, 0.1) is 10.1 Å². The molecule has 1 unspecified atom stereocenters. The van der Waals surface area contributed by atoms with E-state index in [4.69, 9.17) is 11.6 Å². The first-order valence-electron chi connectivity index (χ1n) is 5.97. The number of halogens is 1. The fraction of sp³-hybridized carbons (Fsp3) is 0.455. The zero-order valence-electron chi connectivity index (χ0n) is 10.7. The molecule has 0 spiro atoms. The Balaban J connectivity index is 2.39. The first-order valence-corrected chi connectivity index (χ1v) is 7.79. The lowest BCUT2D eigenvalue weighted by atomic mass is 10.3. The highest BCUT2D eigenvalue weighted by molar-refractivity contribution is 7.89. The maximum absolute atomic E-state index is 12.5. The quantitative estimate of drug-likeness (QED) is 0.665. The van der Waals surface area contributed by atoms with Gasteiger partial charge in [0.25, 0.3) is 5.69 Å². The number of non-ortho nitro benzene ring substituents is 1. The molecule has 1 fully saturated rings. The van der Waals surface area contributed by atoms with Crippen molar-refractivity contribution in [1.29, 1.82) is 0 Å². The van der Waals surface area contributed by atoms with Crippen molar-refractivity contribution in [3.8, 4) is 0 Å². The lowest BCUT2D eigenvalue weighted by Crippen LogP contribution is -2.33. The number of rotatable bonds is 4. The topological polar surface area (TPSA) is 92.6 Å². The van der Waals surface area contributed by atoms with Crippen molar-refractivity contribution < 1.29 is 13.3 Å². The van der Waals surface area contributed by atoms with E-state index in [1.165, 1.54) is 16.4 Å². The van der Waals surface area contributed by atoms with Crippen molar-refractivity contribution in [2.75, 3.05) is 20.1 Å². The minimum Gasteiger partial charge on any atom is -0.316 e. The molecule has 20 heavy (non-hydrogen) atoms. The van der Waals surface area contributed by atoms with E-state index in [-0.39, 0.29) is 21.6 Å². The number of hydrogen-bond acceptors (Lipinski definition) is 5. The van der Waals surface area contributed by atoms with Gasteiger partial charge in [-0.3, -0.25) is 10.1 Å². The molecule has 9 heteroatoms. The van der Waals surface area contributed by atoms with Gasteiger partial charge in [0.05, 0.1) is 9.95 Å². The van der Waals surface area contributed by atoms with Crippen LogP contribution in [-0.2, 0) is 10.0 Å². The smallest absolute Gasteiger partial charge is 0.270 e. The molecule has 0 aromatic heterocycles. The second kappa shape index (κ2) is 5.65. The predicted octanol–water partition coefficient (Wildman–Crippen LogP) is 1.23. The number of nitro benzene ring substituents is 1. The Morgan fingerprint density at radius 2 is 2.20 bits per heavy atom. The van der Waals surface area contributed by atoms with Gasteiger partial charge in [-0.2, -0.15) is 4.31 Å².